The highest BCUT2D eigenvalue weighted by Crippen LogP contribution is 2.00. The first kappa shape index (κ1) is 16.4. The predicted molar refractivity (Wildman–Crippen MR) is 53.7 cm³/mol. The molecule has 104 valence electrons. The number of hydrogen-bond donors (Lipinski definition) is 1. The van der Waals surface area contributed by atoms with E-state index in [1.807, 2.05) is 0 Å². The van der Waals surface area contributed by atoms with Gasteiger partial charge >= 0.3 is 0 Å². The molecule has 0 aliphatic carbocycles. The van der Waals surface area contributed by atoms with E-state index in [4.69, 9.17) is 0 Å². The first-order valence-corrected chi connectivity index (χ1v) is 5.85. The average molecular weight is 259 g/mol. The number of carbonyl (C=O) groups excluding carboxylic acids is 3. The van der Waals surface area contributed by atoms with Crippen LogP contribution >= 0.6 is 0 Å². The Balaban J connectivity index is 3.72. The fourth-order valence-corrected chi connectivity index (χ4v) is 1.65. The summed E-state index contributed by atoms with van der Waals surface area (Å²) in [6.45, 7) is -0.354. The molecule has 0 saturated carbocycles. The van der Waals surface area contributed by atoms with Crippen LogP contribution in [0.25, 0.3) is 0 Å². The fraction of sp³-hybridized carbons (Fsp3) is 0.727. The zero-order valence-corrected chi connectivity index (χ0v) is 10.1. The van der Waals surface area contributed by atoms with E-state index in [0.717, 1.165) is 6.42 Å². The highest BCUT2D eigenvalue weighted by molar-refractivity contribution is 5.67. The summed E-state index contributed by atoms with van der Waals surface area (Å²) in [6, 6.07) is 0. The van der Waals surface area contributed by atoms with E-state index in [2.05, 4.69) is 0 Å². The van der Waals surface area contributed by atoms with Gasteiger partial charge in [-0.2, -0.15) is 0 Å². The number of carbonyl (C=O) groups is 3. The number of carboxylic acid groups (broad SMARTS) is 3. The SMILES string of the molecule is O=C([O-])CCCCCC[NH+](CC(=O)[O-])CC(=O)[O-]. The third-order valence-corrected chi connectivity index (χ3v) is 2.45. The Morgan fingerprint density at radius 1 is 0.722 bits per heavy atom. The summed E-state index contributed by atoms with van der Waals surface area (Å²) < 4.78 is 0. The monoisotopic (exact) mass is 259 g/mol. The van der Waals surface area contributed by atoms with E-state index in [9.17, 15) is 29.7 Å². The first-order chi connectivity index (χ1) is 8.41. The Labute approximate surface area is 105 Å². The second-order valence-corrected chi connectivity index (χ2v) is 4.13. The lowest BCUT2D eigenvalue weighted by atomic mass is 10.1. The van der Waals surface area contributed by atoms with Crippen molar-refractivity contribution in [2.24, 2.45) is 0 Å². The van der Waals surface area contributed by atoms with Crippen molar-refractivity contribution >= 4 is 17.9 Å². The molecule has 1 N–H and O–H groups in total. The fourth-order valence-electron chi connectivity index (χ4n) is 1.65. The molecule has 18 heavy (non-hydrogen) atoms. The molecule has 0 bridgehead atoms. The second kappa shape index (κ2) is 9.41. The Morgan fingerprint density at radius 3 is 1.67 bits per heavy atom. The molecule has 0 aromatic heterocycles. The summed E-state index contributed by atoms with van der Waals surface area (Å²) >= 11 is 0. The van der Waals surface area contributed by atoms with Gasteiger partial charge in [-0.1, -0.05) is 6.42 Å². The smallest absolute Gasteiger partial charge is 0.118 e. The van der Waals surface area contributed by atoms with Crippen LogP contribution in [-0.4, -0.2) is 37.5 Å². The molecule has 0 spiro atoms. The quantitative estimate of drug-likeness (QED) is 0.371. The van der Waals surface area contributed by atoms with Crippen molar-refractivity contribution in [2.75, 3.05) is 19.6 Å². The molecule has 0 heterocycles. The lowest BCUT2D eigenvalue weighted by Crippen LogP contribution is -3.14. The molecule has 0 unspecified atom stereocenters. The van der Waals surface area contributed by atoms with Gasteiger partial charge in [0.2, 0.25) is 0 Å². The molecule has 0 fully saturated rings. The van der Waals surface area contributed by atoms with Crippen LogP contribution in [0.4, 0.5) is 0 Å². The van der Waals surface area contributed by atoms with Crippen LogP contribution < -0.4 is 20.2 Å². The molecule has 0 atom stereocenters. The van der Waals surface area contributed by atoms with Crippen molar-refractivity contribution in [1.29, 1.82) is 0 Å². The lowest BCUT2D eigenvalue weighted by molar-refractivity contribution is -0.889. The summed E-state index contributed by atoms with van der Waals surface area (Å²) in [5.41, 5.74) is 0. The van der Waals surface area contributed by atoms with Gasteiger partial charge in [-0.3, -0.25) is 0 Å². The van der Waals surface area contributed by atoms with Crippen molar-refractivity contribution in [3.63, 3.8) is 0 Å². The molecular weight excluding hydrogens is 242 g/mol. The maximum absolute atomic E-state index is 10.4. The maximum Gasteiger partial charge on any atom is 0.118 e. The van der Waals surface area contributed by atoms with Crippen molar-refractivity contribution in [1.82, 2.24) is 0 Å². The van der Waals surface area contributed by atoms with E-state index in [-0.39, 0.29) is 19.5 Å². The van der Waals surface area contributed by atoms with Crippen molar-refractivity contribution in [3.05, 3.63) is 0 Å². The number of hydrogen-bond acceptors (Lipinski definition) is 6. The summed E-state index contributed by atoms with van der Waals surface area (Å²) in [4.78, 5) is 31.3. The summed E-state index contributed by atoms with van der Waals surface area (Å²) in [5.74, 6) is -3.69. The zero-order valence-electron chi connectivity index (χ0n) is 10.1. The van der Waals surface area contributed by atoms with E-state index in [1.165, 1.54) is 0 Å². The van der Waals surface area contributed by atoms with Gasteiger partial charge < -0.3 is 34.6 Å². The molecule has 0 aromatic carbocycles. The Hall–Kier alpha value is -1.63. The van der Waals surface area contributed by atoms with Crippen molar-refractivity contribution in [2.45, 2.75) is 32.1 Å². The van der Waals surface area contributed by atoms with Gasteiger partial charge in [-0.25, -0.2) is 0 Å². The minimum atomic E-state index is -1.30. The zero-order chi connectivity index (χ0) is 14.0. The van der Waals surface area contributed by atoms with Gasteiger partial charge in [0.05, 0.1) is 18.5 Å². The van der Waals surface area contributed by atoms with Crippen LogP contribution in [0.2, 0.25) is 0 Å². The molecule has 0 rings (SSSR count). The Kier molecular flexibility index (Phi) is 8.55. The number of aliphatic carboxylic acids is 3. The third kappa shape index (κ3) is 10.9. The highest BCUT2D eigenvalue weighted by Gasteiger charge is 2.08. The molecule has 0 aliphatic rings. The van der Waals surface area contributed by atoms with E-state index in [1.54, 1.807) is 0 Å². The van der Waals surface area contributed by atoms with Crippen LogP contribution in [0.5, 0.6) is 0 Å². The molecule has 7 nitrogen and oxygen atoms in total. The summed E-state index contributed by atoms with van der Waals surface area (Å²) in [7, 11) is 0. The molecular formula is C11H17NO6-2. The lowest BCUT2D eigenvalue weighted by Gasteiger charge is -2.20. The van der Waals surface area contributed by atoms with Crippen LogP contribution in [0.15, 0.2) is 0 Å². The van der Waals surface area contributed by atoms with Crippen molar-refractivity contribution in [3.8, 4) is 0 Å². The standard InChI is InChI=1S/C11H19NO6/c13-9(14)5-3-1-2-4-6-12(7-10(15)16)8-11(17)18/h1-8H2,(H,13,14)(H,15,16)(H,17,18)/p-2. The summed E-state index contributed by atoms with van der Waals surface area (Å²) in [5, 5.41) is 30.9. The van der Waals surface area contributed by atoms with Gasteiger partial charge in [0, 0.05) is 5.97 Å². The first-order valence-electron chi connectivity index (χ1n) is 5.85. The number of rotatable bonds is 11. The second-order valence-electron chi connectivity index (χ2n) is 4.13. The van der Waals surface area contributed by atoms with Crippen LogP contribution in [0, 0.1) is 0 Å². The van der Waals surface area contributed by atoms with E-state index < -0.39 is 17.9 Å². The van der Waals surface area contributed by atoms with Crippen LogP contribution in [0.3, 0.4) is 0 Å². The van der Waals surface area contributed by atoms with Crippen LogP contribution in [0.1, 0.15) is 32.1 Å². The molecule has 0 amide bonds. The molecule has 0 saturated heterocycles. The van der Waals surface area contributed by atoms with Gasteiger partial charge in [0.1, 0.15) is 13.1 Å². The normalized spacial score (nSPS) is 10.5. The largest absolute Gasteiger partial charge is 0.550 e. The molecule has 0 radical (unpaired) electrons. The maximum atomic E-state index is 10.4. The Bertz CT molecular complexity index is 275. The van der Waals surface area contributed by atoms with Gasteiger partial charge in [-0.05, 0) is 25.7 Å². The number of quaternary nitrogens is 1. The molecule has 7 heteroatoms. The Morgan fingerprint density at radius 2 is 1.22 bits per heavy atom. The number of carboxylic acids is 3. The average Bonchev–Trinajstić information content (AvgIpc) is 2.20. The van der Waals surface area contributed by atoms with Gasteiger partial charge in [0.15, 0.2) is 0 Å². The molecule has 0 aliphatic heterocycles. The minimum Gasteiger partial charge on any atom is -0.550 e. The third-order valence-electron chi connectivity index (χ3n) is 2.45. The van der Waals surface area contributed by atoms with Gasteiger partial charge in [-0.15, -0.1) is 0 Å². The van der Waals surface area contributed by atoms with E-state index >= 15 is 0 Å². The topological polar surface area (TPSA) is 125 Å². The molecule has 0 aromatic rings. The minimum absolute atomic E-state index is 0.00859. The van der Waals surface area contributed by atoms with Gasteiger partial charge in [0.25, 0.3) is 0 Å². The number of nitrogens with one attached hydrogen (secondary N) is 1. The van der Waals surface area contributed by atoms with Crippen LogP contribution in [-0.2, 0) is 14.4 Å². The van der Waals surface area contributed by atoms with E-state index in [0.29, 0.717) is 30.7 Å². The van der Waals surface area contributed by atoms with Crippen molar-refractivity contribution < 1.29 is 34.6 Å². The highest BCUT2D eigenvalue weighted by atomic mass is 16.4. The predicted octanol–water partition coefficient (Wildman–Crippen LogP) is -4.93. The summed E-state index contributed by atoms with van der Waals surface area (Å²) in [6.07, 6.45) is 2.56. The number of unbranched alkanes of at least 4 members (excludes halogenated alkanes) is 3.